The zero-order valence-corrected chi connectivity index (χ0v) is 23.9. The van der Waals surface area contributed by atoms with Crippen LogP contribution in [-0.4, -0.2) is 12.6 Å². The van der Waals surface area contributed by atoms with Crippen LogP contribution < -0.4 is 5.32 Å². The van der Waals surface area contributed by atoms with Crippen molar-refractivity contribution in [3.63, 3.8) is 0 Å². The quantitative estimate of drug-likeness (QED) is 0.415. The van der Waals surface area contributed by atoms with Gasteiger partial charge in [-0.05, 0) is 165 Å². The van der Waals surface area contributed by atoms with E-state index in [1.54, 1.807) is 35.1 Å². The van der Waals surface area contributed by atoms with Crippen LogP contribution in [0.2, 0.25) is 0 Å². The van der Waals surface area contributed by atoms with Gasteiger partial charge in [0.15, 0.2) is 0 Å². The lowest BCUT2D eigenvalue weighted by molar-refractivity contribution is -0.00283. The molecule has 0 spiro atoms. The van der Waals surface area contributed by atoms with E-state index in [0.717, 1.165) is 59.2 Å². The summed E-state index contributed by atoms with van der Waals surface area (Å²) in [7, 11) is 0. The van der Waals surface area contributed by atoms with Crippen LogP contribution in [0.4, 0.5) is 0 Å². The molecule has 1 saturated heterocycles. The zero-order valence-electron chi connectivity index (χ0n) is 23.9. The molecule has 0 aromatic heterocycles. The van der Waals surface area contributed by atoms with Crippen LogP contribution in [0.15, 0.2) is 48.5 Å². The van der Waals surface area contributed by atoms with Crippen LogP contribution in [0.5, 0.6) is 0 Å². The molecule has 8 aliphatic carbocycles. The monoisotopic (exact) mass is 519 g/mol. The average Bonchev–Trinajstić information content (AvgIpc) is 2.94. The van der Waals surface area contributed by atoms with E-state index in [-0.39, 0.29) is 0 Å². The molecule has 1 nitrogen and oxygen atoms in total. The summed E-state index contributed by atoms with van der Waals surface area (Å²) >= 11 is 0. The van der Waals surface area contributed by atoms with Crippen LogP contribution in [0.3, 0.4) is 0 Å². The second kappa shape index (κ2) is 9.47. The van der Waals surface area contributed by atoms with E-state index < -0.39 is 0 Å². The van der Waals surface area contributed by atoms with Gasteiger partial charge in [-0.3, -0.25) is 0 Å². The smallest absolute Gasteiger partial charge is 0.0243 e. The molecule has 206 valence electrons. The van der Waals surface area contributed by atoms with E-state index in [1.165, 1.54) is 77.2 Å². The summed E-state index contributed by atoms with van der Waals surface area (Å²) in [5, 5.41) is 3.96. The molecular formula is C38H49N. The first-order valence-electron chi connectivity index (χ1n) is 17.2. The number of benzene rings is 2. The minimum atomic E-state index is 0.477. The Labute approximate surface area is 236 Å². The predicted molar refractivity (Wildman–Crippen MR) is 160 cm³/mol. The number of hydrogen-bond donors (Lipinski definition) is 1. The number of rotatable bonds is 5. The minimum absolute atomic E-state index is 0.477. The Balaban J connectivity index is 0.995. The second-order valence-corrected chi connectivity index (χ2v) is 15.8. The second-order valence-electron chi connectivity index (χ2n) is 15.8. The molecule has 0 radical (unpaired) electrons. The fraction of sp³-hybridized carbons (Fsp3) is 0.684. The lowest BCUT2D eigenvalue weighted by Crippen LogP contribution is -2.43. The molecule has 2 aromatic carbocycles. The number of nitrogens with one attached hydrogen (secondary N) is 1. The molecule has 8 saturated carbocycles. The minimum Gasteiger partial charge on any atom is -0.313 e. The average molecular weight is 520 g/mol. The van der Waals surface area contributed by atoms with E-state index in [9.17, 15) is 0 Å². The third-order valence-corrected chi connectivity index (χ3v) is 13.6. The first-order chi connectivity index (χ1) is 19.2. The fourth-order valence-corrected chi connectivity index (χ4v) is 12.6. The molecule has 1 heterocycles. The molecule has 1 aliphatic heterocycles. The Hall–Kier alpha value is -1.60. The summed E-state index contributed by atoms with van der Waals surface area (Å²) < 4.78 is 0. The molecule has 1 heteroatoms. The SMILES string of the molecule is c1cc(C(c2ccc(C3C4CC5CC(C4)CC3C5)cc2)[C@H]2CCCCN2)ccc1C1C2CC3CC(C2)CC1C3. The number of hydrogen-bond acceptors (Lipinski definition) is 1. The lowest BCUT2D eigenvalue weighted by atomic mass is 9.50. The summed E-state index contributed by atoms with van der Waals surface area (Å²) in [6, 6.07) is 21.0. The van der Waals surface area contributed by atoms with Gasteiger partial charge in [0.1, 0.15) is 0 Å². The van der Waals surface area contributed by atoms with Gasteiger partial charge in [0, 0.05) is 12.0 Å². The molecule has 0 unspecified atom stereocenters. The molecule has 2 aromatic rings. The summed E-state index contributed by atoms with van der Waals surface area (Å²) in [6.45, 7) is 1.18. The van der Waals surface area contributed by atoms with Gasteiger partial charge in [0.25, 0.3) is 0 Å². The molecule has 9 aliphatic rings. The maximum absolute atomic E-state index is 3.96. The van der Waals surface area contributed by atoms with Gasteiger partial charge >= 0.3 is 0 Å². The summed E-state index contributed by atoms with van der Waals surface area (Å²) in [4.78, 5) is 0. The molecule has 1 atom stereocenters. The van der Waals surface area contributed by atoms with E-state index >= 15 is 0 Å². The zero-order chi connectivity index (χ0) is 25.5. The predicted octanol–water partition coefficient (Wildman–Crippen LogP) is 9.04. The Morgan fingerprint density at radius 1 is 0.487 bits per heavy atom. The molecule has 11 rings (SSSR count). The highest BCUT2D eigenvalue weighted by atomic mass is 14.9. The van der Waals surface area contributed by atoms with Gasteiger partial charge in [0.05, 0.1) is 0 Å². The standard InChI is InChI=1S/C38H49N/c1-2-12-39-35(3-1)38(29-8-4-27(5-9-29)36-31-15-23-13-24(17-31)18-32(36)16-23)30-10-6-28(7-11-30)37-33-19-25-14-26(21-33)22-34(37)20-25/h4-11,23-26,31-39H,1-3,12-22H2/t23?,24?,25?,26?,31?,32?,33?,34?,35-,36?,37?,38?/m1/s1. The fourth-order valence-electron chi connectivity index (χ4n) is 12.6. The van der Waals surface area contributed by atoms with Crippen molar-refractivity contribution in [2.24, 2.45) is 47.3 Å². The van der Waals surface area contributed by atoms with Crippen LogP contribution in [0, 0.1) is 47.3 Å². The Bertz CT molecular complexity index is 1030. The van der Waals surface area contributed by atoms with Crippen molar-refractivity contribution in [3.05, 3.63) is 70.8 Å². The Morgan fingerprint density at radius 3 is 1.26 bits per heavy atom. The molecule has 9 fully saturated rings. The first kappa shape index (κ1) is 24.0. The molecule has 1 N–H and O–H groups in total. The van der Waals surface area contributed by atoms with E-state index in [0.29, 0.717) is 12.0 Å². The van der Waals surface area contributed by atoms with Gasteiger partial charge in [-0.2, -0.15) is 0 Å². The van der Waals surface area contributed by atoms with Gasteiger partial charge in [-0.25, -0.2) is 0 Å². The van der Waals surface area contributed by atoms with Gasteiger partial charge in [-0.1, -0.05) is 55.0 Å². The topological polar surface area (TPSA) is 12.0 Å². The van der Waals surface area contributed by atoms with Crippen molar-refractivity contribution in [2.45, 2.75) is 107 Å². The molecule has 8 bridgehead atoms. The van der Waals surface area contributed by atoms with Gasteiger partial charge < -0.3 is 5.32 Å². The van der Waals surface area contributed by atoms with E-state index in [2.05, 4.69) is 53.8 Å². The van der Waals surface area contributed by atoms with Crippen molar-refractivity contribution < 1.29 is 0 Å². The van der Waals surface area contributed by atoms with Crippen LogP contribution in [0.25, 0.3) is 0 Å². The van der Waals surface area contributed by atoms with E-state index in [1.807, 2.05) is 0 Å². The summed E-state index contributed by atoms with van der Waals surface area (Å²) in [6.07, 6.45) is 19.3. The van der Waals surface area contributed by atoms with Gasteiger partial charge in [-0.15, -0.1) is 0 Å². The number of piperidine rings is 1. The Morgan fingerprint density at radius 2 is 0.897 bits per heavy atom. The molecule has 0 amide bonds. The lowest BCUT2D eigenvalue weighted by Gasteiger charge is -2.54. The van der Waals surface area contributed by atoms with Crippen molar-refractivity contribution in [3.8, 4) is 0 Å². The third-order valence-electron chi connectivity index (χ3n) is 13.6. The highest BCUT2D eigenvalue weighted by Gasteiger charge is 2.49. The van der Waals surface area contributed by atoms with Crippen molar-refractivity contribution >= 4 is 0 Å². The first-order valence-corrected chi connectivity index (χ1v) is 17.2. The largest absolute Gasteiger partial charge is 0.313 e. The van der Waals surface area contributed by atoms with Crippen LogP contribution >= 0.6 is 0 Å². The van der Waals surface area contributed by atoms with Crippen LogP contribution in [-0.2, 0) is 0 Å². The summed E-state index contributed by atoms with van der Waals surface area (Å²) in [5.74, 6) is 10.3. The van der Waals surface area contributed by atoms with Crippen molar-refractivity contribution in [1.82, 2.24) is 5.32 Å². The normalized spacial score (nSPS) is 44.6. The van der Waals surface area contributed by atoms with Crippen molar-refractivity contribution in [1.29, 1.82) is 0 Å². The highest BCUT2D eigenvalue weighted by Crippen LogP contribution is 2.61. The Kier molecular flexibility index (Phi) is 5.84. The van der Waals surface area contributed by atoms with Gasteiger partial charge in [0.2, 0.25) is 0 Å². The molecular weight excluding hydrogens is 470 g/mol. The maximum Gasteiger partial charge on any atom is 0.0243 e. The maximum atomic E-state index is 3.96. The van der Waals surface area contributed by atoms with Crippen LogP contribution in [0.1, 0.15) is 123 Å². The highest BCUT2D eigenvalue weighted by molar-refractivity contribution is 5.40. The third kappa shape index (κ3) is 4.11. The summed E-state index contributed by atoms with van der Waals surface area (Å²) in [5.41, 5.74) is 6.42. The molecule has 39 heavy (non-hydrogen) atoms. The van der Waals surface area contributed by atoms with E-state index in [4.69, 9.17) is 0 Å². The van der Waals surface area contributed by atoms with Crippen molar-refractivity contribution in [2.75, 3.05) is 6.54 Å².